The van der Waals surface area contributed by atoms with Crippen molar-refractivity contribution < 1.29 is 9.63 Å². The zero-order valence-corrected chi connectivity index (χ0v) is 13.7. The molecule has 0 amide bonds. The van der Waals surface area contributed by atoms with Crippen molar-refractivity contribution in [3.8, 4) is 11.4 Å². The molecule has 5 nitrogen and oxygen atoms in total. The van der Waals surface area contributed by atoms with Crippen LogP contribution in [0.4, 0.5) is 0 Å². The van der Waals surface area contributed by atoms with Crippen LogP contribution in [0.25, 0.3) is 11.4 Å². The van der Waals surface area contributed by atoms with Gasteiger partial charge in [0.15, 0.2) is 0 Å². The molecule has 2 aromatic rings. The highest BCUT2D eigenvalue weighted by atomic mass is 16.5. The van der Waals surface area contributed by atoms with E-state index in [4.69, 9.17) is 4.52 Å². The minimum atomic E-state index is -0.109. The van der Waals surface area contributed by atoms with Crippen LogP contribution in [-0.2, 0) is 6.42 Å². The van der Waals surface area contributed by atoms with E-state index in [1.165, 1.54) is 0 Å². The molecule has 2 unspecified atom stereocenters. The first-order chi connectivity index (χ1) is 11.2. The molecule has 1 aromatic carbocycles. The summed E-state index contributed by atoms with van der Waals surface area (Å²) >= 11 is 0. The summed E-state index contributed by atoms with van der Waals surface area (Å²) in [6.45, 7) is 1.95. The molecule has 1 N–H and O–H groups in total. The molecule has 0 aliphatic heterocycles. The molecule has 0 saturated heterocycles. The van der Waals surface area contributed by atoms with Gasteiger partial charge in [0, 0.05) is 18.5 Å². The van der Waals surface area contributed by atoms with E-state index in [2.05, 4.69) is 22.1 Å². The van der Waals surface area contributed by atoms with Gasteiger partial charge in [-0.2, -0.15) is 4.98 Å². The molecule has 124 valence electrons. The molecule has 1 aromatic heterocycles. The van der Waals surface area contributed by atoms with Gasteiger partial charge in [0.1, 0.15) is 0 Å². The SMILES string of the molecule is CN(CCCc1nc(-c2ccccc2)no1)CC1CCCC1O. The number of aromatic nitrogens is 2. The second-order valence-corrected chi connectivity index (χ2v) is 6.50. The number of aliphatic hydroxyl groups excluding tert-OH is 1. The van der Waals surface area contributed by atoms with Gasteiger partial charge >= 0.3 is 0 Å². The van der Waals surface area contributed by atoms with Gasteiger partial charge in [-0.15, -0.1) is 0 Å². The zero-order valence-electron chi connectivity index (χ0n) is 13.7. The van der Waals surface area contributed by atoms with E-state index in [9.17, 15) is 5.11 Å². The number of aryl methyl sites for hydroxylation is 1. The van der Waals surface area contributed by atoms with Crippen LogP contribution in [0.2, 0.25) is 0 Å². The summed E-state index contributed by atoms with van der Waals surface area (Å²) in [6, 6.07) is 9.88. The molecule has 5 heteroatoms. The maximum absolute atomic E-state index is 9.89. The van der Waals surface area contributed by atoms with Crippen molar-refractivity contribution in [1.82, 2.24) is 15.0 Å². The number of hydrogen-bond acceptors (Lipinski definition) is 5. The summed E-state index contributed by atoms with van der Waals surface area (Å²) < 4.78 is 5.33. The van der Waals surface area contributed by atoms with Crippen molar-refractivity contribution in [1.29, 1.82) is 0 Å². The quantitative estimate of drug-likeness (QED) is 0.851. The molecule has 0 spiro atoms. The summed E-state index contributed by atoms with van der Waals surface area (Å²) in [6.07, 6.45) is 4.93. The number of nitrogens with zero attached hydrogens (tertiary/aromatic N) is 3. The first-order valence-electron chi connectivity index (χ1n) is 8.47. The van der Waals surface area contributed by atoms with Crippen LogP contribution in [0.1, 0.15) is 31.6 Å². The fourth-order valence-corrected chi connectivity index (χ4v) is 3.28. The number of rotatable bonds is 7. The minimum Gasteiger partial charge on any atom is -0.393 e. The van der Waals surface area contributed by atoms with Crippen molar-refractivity contribution in [2.24, 2.45) is 5.92 Å². The highest BCUT2D eigenvalue weighted by molar-refractivity contribution is 5.53. The van der Waals surface area contributed by atoms with Crippen LogP contribution in [0.3, 0.4) is 0 Å². The predicted octanol–water partition coefficient (Wildman–Crippen LogP) is 2.76. The maximum Gasteiger partial charge on any atom is 0.227 e. The Morgan fingerprint density at radius 2 is 2.09 bits per heavy atom. The standard InChI is InChI=1S/C18H25N3O2/c1-21(13-15-9-5-10-16(15)22)12-6-11-17-19-18(20-23-17)14-7-3-2-4-8-14/h2-4,7-8,15-16,22H,5-6,9-13H2,1H3. The third-order valence-electron chi connectivity index (χ3n) is 4.60. The Hall–Kier alpha value is -1.72. The van der Waals surface area contributed by atoms with E-state index in [0.717, 1.165) is 50.8 Å². The maximum atomic E-state index is 9.89. The lowest BCUT2D eigenvalue weighted by Crippen LogP contribution is -2.30. The molecule has 1 saturated carbocycles. The van der Waals surface area contributed by atoms with E-state index in [1.807, 2.05) is 30.3 Å². The normalized spacial score (nSPS) is 21.2. The molecule has 1 aliphatic carbocycles. The molecule has 1 aliphatic rings. The monoisotopic (exact) mass is 315 g/mol. The number of benzene rings is 1. The predicted molar refractivity (Wildman–Crippen MR) is 88.9 cm³/mol. The molecule has 3 rings (SSSR count). The largest absolute Gasteiger partial charge is 0.393 e. The van der Waals surface area contributed by atoms with Crippen molar-refractivity contribution >= 4 is 0 Å². The first-order valence-corrected chi connectivity index (χ1v) is 8.47. The second kappa shape index (κ2) is 7.70. The van der Waals surface area contributed by atoms with Gasteiger partial charge in [-0.1, -0.05) is 41.9 Å². The molecule has 23 heavy (non-hydrogen) atoms. The van der Waals surface area contributed by atoms with Gasteiger partial charge in [-0.05, 0) is 38.8 Å². The molecule has 0 radical (unpaired) electrons. The third-order valence-corrected chi connectivity index (χ3v) is 4.60. The lowest BCUT2D eigenvalue weighted by molar-refractivity contribution is 0.109. The zero-order chi connectivity index (χ0) is 16.1. The second-order valence-electron chi connectivity index (χ2n) is 6.50. The van der Waals surface area contributed by atoms with Crippen LogP contribution in [0, 0.1) is 5.92 Å². The van der Waals surface area contributed by atoms with E-state index in [-0.39, 0.29) is 6.10 Å². The van der Waals surface area contributed by atoms with E-state index in [1.54, 1.807) is 0 Å². The smallest absolute Gasteiger partial charge is 0.227 e. The average molecular weight is 315 g/mol. The van der Waals surface area contributed by atoms with E-state index in [0.29, 0.717) is 17.6 Å². The Morgan fingerprint density at radius 1 is 1.26 bits per heavy atom. The highest BCUT2D eigenvalue weighted by Crippen LogP contribution is 2.26. The summed E-state index contributed by atoms with van der Waals surface area (Å²) in [5.41, 5.74) is 0.981. The van der Waals surface area contributed by atoms with Crippen molar-refractivity contribution in [2.75, 3.05) is 20.1 Å². The van der Waals surface area contributed by atoms with E-state index >= 15 is 0 Å². The van der Waals surface area contributed by atoms with Crippen LogP contribution in [0.15, 0.2) is 34.9 Å². The van der Waals surface area contributed by atoms with Crippen molar-refractivity contribution in [3.63, 3.8) is 0 Å². The molecular formula is C18H25N3O2. The number of hydrogen-bond donors (Lipinski definition) is 1. The van der Waals surface area contributed by atoms with Gasteiger partial charge in [-0.3, -0.25) is 0 Å². The Bertz CT molecular complexity index is 599. The van der Waals surface area contributed by atoms with Crippen LogP contribution >= 0.6 is 0 Å². The summed E-state index contributed by atoms with van der Waals surface area (Å²) in [5.74, 6) is 1.79. The fourth-order valence-electron chi connectivity index (χ4n) is 3.28. The minimum absolute atomic E-state index is 0.109. The Kier molecular flexibility index (Phi) is 5.41. The summed E-state index contributed by atoms with van der Waals surface area (Å²) in [4.78, 5) is 6.76. The molecular weight excluding hydrogens is 290 g/mol. The summed E-state index contributed by atoms with van der Waals surface area (Å²) in [7, 11) is 2.12. The first kappa shape index (κ1) is 16.1. The topological polar surface area (TPSA) is 62.4 Å². The van der Waals surface area contributed by atoms with Gasteiger partial charge in [0.25, 0.3) is 0 Å². The van der Waals surface area contributed by atoms with Crippen molar-refractivity contribution in [3.05, 3.63) is 36.2 Å². The van der Waals surface area contributed by atoms with Gasteiger partial charge < -0.3 is 14.5 Å². The molecule has 1 heterocycles. The molecule has 0 bridgehead atoms. The van der Waals surface area contributed by atoms with Crippen LogP contribution < -0.4 is 0 Å². The molecule has 1 fully saturated rings. The Balaban J connectivity index is 1.43. The third kappa shape index (κ3) is 4.39. The van der Waals surface area contributed by atoms with Crippen LogP contribution in [-0.4, -0.2) is 46.4 Å². The highest BCUT2D eigenvalue weighted by Gasteiger charge is 2.25. The summed E-state index contributed by atoms with van der Waals surface area (Å²) in [5, 5.41) is 13.9. The van der Waals surface area contributed by atoms with Crippen LogP contribution in [0.5, 0.6) is 0 Å². The Morgan fingerprint density at radius 3 is 2.83 bits per heavy atom. The molecule has 2 atom stereocenters. The van der Waals surface area contributed by atoms with Gasteiger partial charge in [0.2, 0.25) is 11.7 Å². The lowest BCUT2D eigenvalue weighted by atomic mass is 10.1. The lowest BCUT2D eigenvalue weighted by Gasteiger charge is -2.22. The average Bonchev–Trinajstić information content (AvgIpc) is 3.18. The fraction of sp³-hybridized carbons (Fsp3) is 0.556. The van der Waals surface area contributed by atoms with Crippen molar-refractivity contribution in [2.45, 2.75) is 38.2 Å². The van der Waals surface area contributed by atoms with E-state index < -0.39 is 0 Å². The Labute approximate surface area is 137 Å². The van der Waals surface area contributed by atoms with Gasteiger partial charge in [0.05, 0.1) is 6.10 Å². The van der Waals surface area contributed by atoms with Gasteiger partial charge in [-0.25, -0.2) is 0 Å². The number of aliphatic hydroxyl groups is 1.